The van der Waals surface area contributed by atoms with Gasteiger partial charge in [0.1, 0.15) is 0 Å². The van der Waals surface area contributed by atoms with Gasteiger partial charge in [0.2, 0.25) is 0 Å². The molecular formula is C16H20F2N2S. The van der Waals surface area contributed by atoms with E-state index in [1.807, 2.05) is 5.38 Å². The number of benzene rings is 1. The van der Waals surface area contributed by atoms with Crippen molar-refractivity contribution in [3.8, 4) is 0 Å². The molecule has 2 N–H and O–H groups in total. The maximum atomic E-state index is 13.6. The van der Waals surface area contributed by atoms with Crippen molar-refractivity contribution in [2.75, 3.05) is 0 Å². The van der Waals surface area contributed by atoms with Crippen LogP contribution >= 0.6 is 11.3 Å². The molecule has 0 aliphatic carbocycles. The Hall–Kier alpha value is -1.33. The van der Waals surface area contributed by atoms with Gasteiger partial charge in [0.25, 0.3) is 0 Å². The van der Waals surface area contributed by atoms with Crippen LogP contribution in [0.4, 0.5) is 8.78 Å². The van der Waals surface area contributed by atoms with Crippen molar-refractivity contribution in [3.63, 3.8) is 0 Å². The lowest BCUT2D eigenvalue weighted by Crippen LogP contribution is -2.26. The highest BCUT2D eigenvalue weighted by Crippen LogP contribution is 2.24. The monoisotopic (exact) mass is 310 g/mol. The number of hydrogen-bond acceptors (Lipinski definition) is 3. The molecule has 0 saturated carbocycles. The van der Waals surface area contributed by atoms with Gasteiger partial charge in [0.05, 0.1) is 10.7 Å². The van der Waals surface area contributed by atoms with Crippen LogP contribution in [0.5, 0.6) is 0 Å². The lowest BCUT2D eigenvalue weighted by atomic mass is 9.93. The van der Waals surface area contributed by atoms with Gasteiger partial charge in [-0.15, -0.1) is 11.3 Å². The molecule has 0 spiro atoms. The molecule has 1 aromatic carbocycles. The summed E-state index contributed by atoms with van der Waals surface area (Å²) >= 11 is 1.56. The second kappa shape index (κ2) is 6.20. The number of rotatable bonds is 4. The first kappa shape index (κ1) is 16.0. The second-order valence-electron chi connectivity index (χ2n) is 6.26. The highest BCUT2D eigenvalue weighted by atomic mass is 32.1. The highest BCUT2D eigenvalue weighted by molar-refractivity contribution is 7.09. The number of nitrogens with two attached hydrogens (primary N) is 1. The number of halogens is 2. The van der Waals surface area contributed by atoms with Crippen LogP contribution in [-0.4, -0.2) is 11.0 Å². The van der Waals surface area contributed by atoms with Crippen molar-refractivity contribution >= 4 is 11.3 Å². The summed E-state index contributed by atoms with van der Waals surface area (Å²) in [7, 11) is 0. The Morgan fingerprint density at radius 2 is 1.95 bits per heavy atom. The topological polar surface area (TPSA) is 38.9 Å². The predicted molar refractivity (Wildman–Crippen MR) is 82.6 cm³/mol. The fourth-order valence-electron chi connectivity index (χ4n) is 2.03. The first-order valence-electron chi connectivity index (χ1n) is 6.90. The fraction of sp³-hybridized carbons (Fsp3) is 0.438. The maximum Gasteiger partial charge on any atom is 0.162 e. The minimum atomic E-state index is -0.830. The van der Waals surface area contributed by atoms with E-state index in [1.54, 1.807) is 17.4 Å². The van der Waals surface area contributed by atoms with E-state index >= 15 is 0 Å². The number of thiazole rings is 1. The molecular weight excluding hydrogens is 290 g/mol. The molecule has 1 aromatic heterocycles. The number of aromatic nitrogens is 1. The highest BCUT2D eigenvalue weighted by Gasteiger charge is 2.19. The molecule has 0 amide bonds. The van der Waals surface area contributed by atoms with Crippen LogP contribution in [0.25, 0.3) is 0 Å². The molecule has 0 radical (unpaired) electrons. The van der Waals surface area contributed by atoms with Gasteiger partial charge in [0, 0.05) is 23.3 Å². The molecule has 0 fully saturated rings. The number of hydrogen-bond donors (Lipinski definition) is 1. The van der Waals surface area contributed by atoms with E-state index in [0.29, 0.717) is 18.4 Å². The van der Waals surface area contributed by atoms with Gasteiger partial charge in [0.15, 0.2) is 11.6 Å². The van der Waals surface area contributed by atoms with Gasteiger partial charge in [-0.05, 0) is 18.1 Å². The molecule has 2 aromatic rings. The van der Waals surface area contributed by atoms with E-state index in [-0.39, 0.29) is 11.5 Å². The summed E-state index contributed by atoms with van der Waals surface area (Å²) in [6.45, 7) is 6.32. The van der Waals surface area contributed by atoms with Gasteiger partial charge < -0.3 is 5.73 Å². The van der Waals surface area contributed by atoms with E-state index in [2.05, 4.69) is 25.8 Å². The molecule has 1 unspecified atom stereocenters. The molecule has 5 heteroatoms. The smallest absolute Gasteiger partial charge is 0.162 e. The SMILES string of the molecule is CC(C)(C)c1csc(CC(N)Cc2cccc(F)c2F)n1. The first-order chi connectivity index (χ1) is 9.77. The van der Waals surface area contributed by atoms with Crippen molar-refractivity contribution in [2.45, 2.75) is 45.1 Å². The van der Waals surface area contributed by atoms with E-state index in [9.17, 15) is 8.78 Å². The minimum absolute atomic E-state index is 0.00745. The predicted octanol–water partition coefficient (Wildman–Crippen LogP) is 3.83. The Morgan fingerprint density at radius 3 is 2.57 bits per heavy atom. The largest absolute Gasteiger partial charge is 0.327 e. The Kier molecular flexibility index (Phi) is 4.74. The molecule has 0 aliphatic heterocycles. The quantitative estimate of drug-likeness (QED) is 0.932. The van der Waals surface area contributed by atoms with Gasteiger partial charge in [-0.2, -0.15) is 0 Å². The van der Waals surface area contributed by atoms with Crippen LogP contribution in [0.15, 0.2) is 23.6 Å². The van der Waals surface area contributed by atoms with Crippen LogP contribution in [0.2, 0.25) is 0 Å². The van der Waals surface area contributed by atoms with Crippen molar-refractivity contribution in [2.24, 2.45) is 5.73 Å². The zero-order valence-corrected chi connectivity index (χ0v) is 13.3. The zero-order chi connectivity index (χ0) is 15.6. The van der Waals surface area contributed by atoms with E-state index < -0.39 is 11.6 Å². The molecule has 0 saturated heterocycles. The summed E-state index contributed by atoms with van der Waals surface area (Å²) in [6.07, 6.45) is 0.866. The summed E-state index contributed by atoms with van der Waals surface area (Å²) in [5.41, 5.74) is 7.41. The molecule has 1 heterocycles. The van der Waals surface area contributed by atoms with Crippen molar-refractivity contribution < 1.29 is 8.78 Å². The third kappa shape index (κ3) is 4.08. The first-order valence-corrected chi connectivity index (χ1v) is 7.78. The normalized spacial score (nSPS) is 13.4. The molecule has 2 nitrogen and oxygen atoms in total. The zero-order valence-electron chi connectivity index (χ0n) is 12.5. The standard InChI is InChI=1S/C16H20F2N2S/c1-16(2,3)13-9-21-14(20-13)8-11(19)7-10-5-4-6-12(17)15(10)18/h4-6,9,11H,7-8,19H2,1-3H3. The average Bonchev–Trinajstić information content (AvgIpc) is 2.83. The van der Waals surface area contributed by atoms with Gasteiger partial charge in [-0.3, -0.25) is 0 Å². The Balaban J connectivity index is 2.03. The van der Waals surface area contributed by atoms with E-state index in [0.717, 1.165) is 16.8 Å². The summed E-state index contributed by atoms with van der Waals surface area (Å²) < 4.78 is 26.8. The third-order valence-corrected chi connectivity index (χ3v) is 4.14. The number of nitrogens with zero attached hydrogens (tertiary/aromatic N) is 1. The average molecular weight is 310 g/mol. The van der Waals surface area contributed by atoms with E-state index in [4.69, 9.17) is 5.73 Å². The fourth-order valence-corrected chi connectivity index (χ4v) is 3.15. The van der Waals surface area contributed by atoms with Gasteiger partial charge in [-0.1, -0.05) is 32.9 Å². The van der Waals surface area contributed by atoms with E-state index in [1.165, 1.54) is 6.07 Å². The van der Waals surface area contributed by atoms with Crippen LogP contribution in [0, 0.1) is 11.6 Å². The molecule has 114 valence electrons. The Bertz CT molecular complexity index is 617. The second-order valence-corrected chi connectivity index (χ2v) is 7.20. The molecule has 2 rings (SSSR count). The van der Waals surface area contributed by atoms with Crippen LogP contribution < -0.4 is 5.73 Å². The van der Waals surface area contributed by atoms with Crippen LogP contribution in [0.1, 0.15) is 37.0 Å². The van der Waals surface area contributed by atoms with Crippen molar-refractivity contribution in [1.29, 1.82) is 0 Å². The Labute approximate surface area is 128 Å². The lowest BCUT2D eigenvalue weighted by Gasteiger charge is -2.14. The summed E-state index contributed by atoms with van der Waals surface area (Å²) in [4.78, 5) is 4.57. The molecule has 0 bridgehead atoms. The van der Waals surface area contributed by atoms with Gasteiger partial charge >= 0.3 is 0 Å². The van der Waals surface area contributed by atoms with Crippen molar-refractivity contribution in [1.82, 2.24) is 4.98 Å². The molecule has 0 aliphatic rings. The Morgan fingerprint density at radius 1 is 1.24 bits per heavy atom. The van der Waals surface area contributed by atoms with Crippen LogP contribution in [-0.2, 0) is 18.3 Å². The van der Waals surface area contributed by atoms with Gasteiger partial charge in [-0.25, -0.2) is 13.8 Å². The minimum Gasteiger partial charge on any atom is -0.327 e. The third-order valence-electron chi connectivity index (χ3n) is 3.27. The lowest BCUT2D eigenvalue weighted by molar-refractivity contribution is 0.492. The van der Waals surface area contributed by atoms with Crippen molar-refractivity contribution in [3.05, 3.63) is 51.5 Å². The summed E-state index contributed by atoms with van der Waals surface area (Å²) in [5, 5.41) is 2.97. The molecule has 1 atom stereocenters. The van der Waals surface area contributed by atoms with Crippen LogP contribution in [0.3, 0.4) is 0 Å². The summed E-state index contributed by atoms with van der Waals surface area (Å²) in [6, 6.07) is 3.91. The maximum absolute atomic E-state index is 13.6. The summed E-state index contributed by atoms with van der Waals surface area (Å²) in [5.74, 6) is -1.63. The molecule has 21 heavy (non-hydrogen) atoms.